The molecule has 0 aliphatic rings. The normalized spacial score (nSPS) is 14.4. The van der Waals surface area contributed by atoms with E-state index in [1.807, 2.05) is 0 Å². The fourth-order valence-corrected chi connectivity index (χ4v) is 1.52. The highest BCUT2D eigenvalue weighted by Gasteiger charge is 2.38. The molecule has 2 N–H and O–H groups in total. The van der Waals surface area contributed by atoms with Gasteiger partial charge in [-0.3, -0.25) is 9.89 Å². The number of aromatic amines is 1. The van der Waals surface area contributed by atoms with Crippen molar-refractivity contribution in [3.63, 3.8) is 0 Å². The second-order valence-electron chi connectivity index (χ2n) is 4.51. The summed E-state index contributed by atoms with van der Waals surface area (Å²) in [6.07, 6.45) is 4.28. The van der Waals surface area contributed by atoms with Gasteiger partial charge in [0.2, 0.25) is 5.91 Å². The molecule has 7 heteroatoms. The molecule has 0 aliphatic carbocycles. The molecule has 0 fully saturated rings. The number of rotatable bonds is 4. The molecule has 1 unspecified atom stereocenters. The van der Waals surface area contributed by atoms with E-state index < -0.39 is 20.5 Å². The molecule has 1 rings (SSSR count). The minimum absolute atomic E-state index is 0.290. The van der Waals surface area contributed by atoms with E-state index in [1.165, 1.54) is 13.8 Å². The summed E-state index contributed by atoms with van der Waals surface area (Å²) < 4.78 is 21.5. The number of hydrogen-bond donors (Lipinski definition) is 2. The van der Waals surface area contributed by atoms with Gasteiger partial charge in [0.1, 0.15) is 4.75 Å². The largest absolute Gasteiger partial charge is 0.348 e. The van der Waals surface area contributed by atoms with Crippen LogP contribution in [0.2, 0.25) is 0 Å². The number of nitrogens with zero attached hydrogens (tertiary/aromatic N) is 1. The van der Waals surface area contributed by atoms with Gasteiger partial charge < -0.3 is 5.32 Å². The number of carbonyl (C=O) groups excluding carboxylic acids is 1. The van der Waals surface area contributed by atoms with Crippen LogP contribution in [0.4, 0.5) is 0 Å². The van der Waals surface area contributed by atoms with Gasteiger partial charge in [0, 0.05) is 18.0 Å². The summed E-state index contributed by atoms with van der Waals surface area (Å²) in [5.41, 5.74) is 0.794. The van der Waals surface area contributed by atoms with Crippen LogP contribution in [-0.4, -0.2) is 35.5 Å². The Hall–Kier alpha value is -1.37. The highest BCUT2D eigenvalue weighted by atomic mass is 32.2. The first-order chi connectivity index (χ1) is 7.66. The van der Waals surface area contributed by atoms with Crippen molar-refractivity contribution in [2.75, 3.05) is 6.26 Å². The molecule has 0 spiro atoms. The number of amides is 1. The van der Waals surface area contributed by atoms with E-state index in [1.54, 1.807) is 19.3 Å². The third-order valence-electron chi connectivity index (χ3n) is 2.84. The zero-order valence-electron chi connectivity index (χ0n) is 10.3. The van der Waals surface area contributed by atoms with Crippen LogP contribution >= 0.6 is 0 Å². The summed E-state index contributed by atoms with van der Waals surface area (Å²) in [7, 11) is -3.45. The Balaban J connectivity index is 2.80. The monoisotopic (exact) mass is 259 g/mol. The maximum absolute atomic E-state index is 11.9. The maximum atomic E-state index is 11.9. The maximum Gasteiger partial charge on any atom is 0.241 e. The minimum Gasteiger partial charge on any atom is -0.348 e. The summed E-state index contributed by atoms with van der Waals surface area (Å²) in [5, 5.41) is 9.05. The van der Waals surface area contributed by atoms with Crippen LogP contribution in [0.15, 0.2) is 12.4 Å². The topological polar surface area (TPSA) is 91.9 Å². The summed E-state index contributed by atoms with van der Waals surface area (Å²) in [6.45, 7) is 4.54. The van der Waals surface area contributed by atoms with Gasteiger partial charge in [-0.05, 0) is 20.8 Å². The number of carbonyl (C=O) groups is 1. The molecule has 0 aromatic carbocycles. The standard InChI is InChI=1S/C10H17N3O3S/c1-7(8-5-11-12-6-8)13-9(14)10(2,3)17(4,15)16/h5-7H,1-4H3,(H,11,12)(H,13,14). The highest BCUT2D eigenvalue weighted by Crippen LogP contribution is 2.18. The van der Waals surface area contributed by atoms with Gasteiger partial charge in [0.25, 0.3) is 0 Å². The van der Waals surface area contributed by atoms with Gasteiger partial charge in [-0.2, -0.15) is 5.10 Å². The molecule has 0 saturated heterocycles. The van der Waals surface area contributed by atoms with Gasteiger partial charge in [-0.25, -0.2) is 8.42 Å². The van der Waals surface area contributed by atoms with Crippen LogP contribution in [0.1, 0.15) is 32.4 Å². The van der Waals surface area contributed by atoms with E-state index in [2.05, 4.69) is 15.5 Å². The molecule has 1 heterocycles. The fourth-order valence-electron chi connectivity index (χ4n) is 1.12. The van der Waals surface area contributed by atoms with E-state index >= 15 is 0 Å². The van der Waals surface area contributed by atoms with Crippen molar-refractivity contribution in [3.8, 4) is 0 Å². The smallest absolute Gasteiger partial charge is 0.241 e. The van der Waals surface area contributed by atoms with E-state index in [9.17, 15) is 13.2 Å². The number of aromatic nitrogens is 2. The molecule has 0 radical (unpaired) electrons. The zero-order chi connectivity index (χ0) is 13.3. The number of hydrogen-bond acceptors (Lipinski definition) is 4. The molecule has 1 aromatic heterocycles. The Labute approximate surface area is 101 Å². The first kappa shape index (κ1) is 13.7. The van der Waals surface area contributed by atoms with Gasteiger partial charge in [0.05, 0.1) is 12.2 Å². The average Bonchev–Trinajstić information content (AvgIpc) is 2.68. The summed E-state index contributed by atoms with van der Waals surface area (Å²) >= 11 is 0. The quantitative estimate of drug-likeness (QED) is 0.819. The first-order valence-corrected chi connectivity index (χ1v) is 7.04. The van der Waals surface area contributed by atoms with E-state index in [0.717, 1.165) is 11.8 Å². The molecule has 0 bridgehead atoms. The van der Waals surface area contributed by atoms with Gasteiger partial charge in [0.15, 0.2) is 9.84 Å². The number of sulfone groups is 1. The van der Waals surface area contributed by atoms with Crippen LogP contribution in [-0.2, 0) is 14.6 Å². The van der Waals surface area contributed by atoms with Crippen molar-refractivity contribution in [2.45, 2.75) is 31.6 Å². The Morgan fingerprint density at radius 3 is 2.53 bits per heavy atom. The van der Waals surface area contributed by atoms with Crippen LogP contribution in [0, 0.1) is 0 Å². The van der Waals surface area contributed by atoms with Crippen LogP contribution in [0.25, 0.3) is 0 Å². The van der Waals surface area contributed by atoms with Crippen LogP contribution < -0.4 is 5.32 Å². The van der Waals surface area contributed by atoms with Crippen molar-refractivity contribution in [2.24, 2.45) is 0 Å². The van der Waals surface area contributed by atoms with Crippen molar-refractivity contribution >= 4 is 15.7 Å². The summed E-state index contributed by atoms with van der Waals surface area (Å²) in [4.78, 5) is 11.9. The predicted molar refractivity (Wildman–Crippen MR) is 64.1 cm³/mol. The lowest BCUT2D eigenvalue weighted by atomic mass is 10.1. The Kier molecular flexibility index (Phi) is 3.61. The lowest BCUT2D eigenvalue weighted by molar-refractivity contribution is -0.123. The van der Waals surface area contributed by atoms with Crippen molar-refractivity contribution in [1.82, 2.24) is 15.5 Å². The highest BCUT2D eigenvalue weighted by molar-refractivity contribution is 7.92. The van der Waals surface area contributed by atoms with E-state index in [-0.39, 0.29) is 6.04 Å². The van der Waals surface area contributed by atoms with Crippen molar-refractivity contribution in [3.05, 3.63) is 18.0 Å². The summed E-state index contributed by atoms with van der Waals surface area (Å²) in [5.74, 6) is -0.520. The average molecular weight is 259 g/mol. The molecule has 1 aromatic rings. The molecule has 1 atom stereocenters. The second kappa shape index (κ2) is 4.48. The fraction of sp³-hybridized carbons (Fsp3) is 0.600. The van der Waals surface area contributed by atoms with Crippen molar-refractivity contribution < 1.29 is 13.2 Å². The predicted octanol–water partition coefficient (Wildman–Crippen LogP) is 0.410. The molecule has 0 aliphatic heterocycles. The number of nitrogens with one attached hydrogen (secondary N) is 2. The lowest BCUT2D eigenvalue weighted by Crippen LogP contribution is -2.48. The van der Waals surface area contributed by atoms with Crippen molar-refractivity contribution in [1.29, 1.82) is 0 Å². The molecular formula is C10H17N3O3S. The zero-order valence-corrected chi connectivity index (χ0v) is 11.1. The first-order valence-electron chi connectivity index (χ1n) is 5.15. The summed E-state index contributed by atoms with van der Waals surface area (Å²) in [6, 6.07) is -0.290. The van der Waals surface area contributed by atoms with Gasteiger partial charge in [-0.15, -0.1) is 0 Å². The molecule has 96 valence electrons. The Morgan fingerprint density at radius 2 is 2.12 bits per heavy atom. The molecule has 1 amide bonds. The van der Waals surface area contributed by atoms with E-state index in [4.69, 9.17) is 0 Å². The molecular weight excluding hydrogens is 242 g/mol. The second-order valence-corrected chi connectivity index (χ2v) is 7.07. The third-order valence-corrected chi connectivity index (χ3v) is 4.88. The van der Waals surface area contributed by atoms with Gasteiger partial charge >= 0.3 is 0 Å². The van der Waals surface area contributed by atoms with Gasteiger partial charge in [-0.1, -0.05) is 0 Å². The lowest BCUT2D eigenvalue weighted by Gasteiger charge is -2.23. The SMILES string of the molecule is CC(NC(=O)C(C)(C)S(C)(=O)=O)c1cn[nH]c1. The Morgan fingerprint density at radius 1 is 1.53 bits per heavy atom. The Bertz CT molecular complexity index is 491. The third kappa shape index (κ3) is 2.85. The molecule has 0 saturated carbocycles. The van der Waals surface area contributed by atoms with Crippen LogP contribution in [0.3, 0.4) is 0 Å². The molecule has 17 heavy (non-hydrogen) atoms. The van der Waals surface area contributed by atoms with Crippen LogP contribution in [0.5, 0.6) is 0 Å². The number of H-pyrrole nitrogens is 1. The van der Waals surface area contributed by atoms with E-state index in [0.29, 0.717) is 0 Å². The molecule has 6 nitrogen and oxygen atoms in total. The minimum atomic E-state index is -3.45.